The van der Waals surface area contributed by atoms with Gasteiger partial charge < -0.3 is 5.73 Å². The molecule has 0 fully saturated rings. The van der Waals surface area contributed by atoms with Gasteiger partial charge in [0.2, 0.25) is 0 Å². The highest BCUT2D eigenvalue weighted by Gasteiger charge is 2.10. The van der Waals surface area contributed by atoms with Crippen LogP contribution in [-0.4, -0.2) is 14.6 Å². The standard InChI is InChI=1S/C12H9ClN4S/c1-6-5-15-18-12(6)8-2-7-4-10(14)16-17-11(7)9(13)3-8/h2-5H,1H3,(H2,14,16). The van der Waals surface area contributed by atoms with Crippen LogP contribution >= 0.6 is 23.1 Å². The maximum absolute atomic E-state index is 6.22. The van der Waals surface area contributed by atoms with Crippen LogP contribution in [0.1, 0.15) is 5.56 Å². The van der Waals surface area contributed by atoms with Crippen LogP contribution in [0.5, 0.6) is 0 Å². The van der Waals surface area contributed by atoms with Gasteiger partial charge in [0.15, 0.2) is 0 Å². The number of halogens is 1. The lowest BCUT2D eigenvalue weighted by molar-refractivity contribution is 1.09. The van der Waals surface area contributed by atoms with Crippen molar-refractivity contribution in [2.24, 2.45) is 0 Å². The molecule has 4 nitrogen and oxygen atoms in total. The minimum Gasteiger partial charge on any atom is -0.382 e. The van der Waals surface area contributed by atoms with Crippen molar-refractivity contribution in [3.05, 3.63) is 35.0 Å². The highest BCUT2D eigenvalue weighted by Crippen LogP contribution is 2.33. The first-order chi connectivity index (χ1) is 8.65. The number of rotatable bonds is 1. The Morgan fingerprint density at radius 2 is 2.06 bits per heavy atom. The Kier molecular flexibility index (Phi) is 2.65. The van der Waals surface area contributed by atoms with Crippen LogP contribution in [0.2, 0.25) is 5.02 Å². The second-order valence-corrected chi connectivity index (χ2v) is 5.21. The lowest BCUT2D eigenvalue weighted by Gasteiger charge is -2.04. The van der Waals surface area contributed by atoms with Crippen LogP contribution in [0.25, 0.3) is 21.3 Å². The summed E-state index contributed by atoms with van der Waals surface area (Å²) in [7, 11) is 0. The van der Waals surface area contributed by atoms with Crippen molar-refractivity contribution >= 4 is 39.9 Å². The molecular weight excluding hydrogens is 268 g/mol. The van der Waals surface area contributed by atoms with E-state index >= 15 is 0 Å². The fourth-order valence-corrected chi connectivity index (χ4v) is 2.83. The molecule has 3 aromatic rings. The van der Waals surface area contributed by atoms with Gasteiger partial charge in [-0.2, -0.15) is 0 Å². The minimum atomic E-state index is 0.386. The number of nitrogens with two attached hydrogens (primary N) is 1. The van der Waals surface area contributed by atoms with E-state index < -0.39 is 0 Å². The average molecular weight is 277 g/mol. The summed E-state index contributed by atoms with van der Waals surface area (Å²) < 4.78 is 4.17. The molecule has 0 aliphatic carbocycles. The van der Waals surface area contributed by atoms with E-state index in [1.54, 1.807) is 6.07 Å². The summed E-state index contributed by atoms with van der Waals surface area (Å²) in [5.74, 6) is 0.386. The summed E-state index contributed by atoms with van der Waals surface area (Å²) in [5.41, 5.74) is 8.47. The first-order valence-corrected chi connectivity index (χ1v) is 6.44. The Labute approximate surface area is 113 Å². The Balaban J connectivity index is 2.30. The highest BCUT2D eigenvalue weighted by molar-refractivity contribution is 7.09. The summed E-state index contributed by atoms with van der Waals surface area (Å²) in [5, 5.41) is 9.28. The van der Waals surface area contributed by atoms with E-state index in [2.05, 4.69) is 14.6 Å². The zero-order chi connectivity index (χ0) is 12.7. The number of hydrogen-bond acceptors (Lipinski definition) is 5. The first-order valence-electron chi connectivity index (χ1n) is 5.29. The summed E-state index contributed by atoms with van der Waals surface area (Å²) in [6, 6.07) is 5.66. The van der Waals surface area contributed by atoms with Gasteiger partial charge in [-0.15, -0.1) is 10.2 Å². The Hall–Kier alpha value is -1.72. The molecule has 0 aliphatic rings. The maximum atomic E-state index is 6.22. The normalized spacial score (nSPS) is 11.0. The predicted molar refractivity (Wildman–Crippen MR) is 74.8 cm³/mol. The first kappa shape index (κ1) is 11.4. The van der Waals surface area contributed by atoms with Crippen LogP contribution in [0.4, 0.5) is 5.82 Å². The maximum Gasteiger partial charge on any atom is 0.146 e. The molecular formula is C12H9ClN4S. The fourth-order valence-electron chi connectivity index (χ4n) is 1.83. The number of hydrogen-bond donors (Lipinski definition) is 1. The van der Waals surface area contributed by atoms with E-state index in [1.807, 2.05) is 25.3 Å². The number of anilines is 1. The van der Waals surface area contributed by atoms with E-state index in [0.29, 0.717) is 16.4 Å². The molecule has 0 amide bonds. The number of nitrogen functional groups attached to an aromatic ring is 1. The average Bonchev–Trinajstić information content (AvgIpc) is 2.74. The molecule has 0 saturated carbocycles. The van der Waals surface area contributed by atoms with E-state index in [-0.39, 0.29) is 0 Å². The minimum absolute atomic E-state index is 0.386. The Morgan fingerprint density at radius 3 is 2.78 bits per heavy atom. The Bertz CT molecular complexity index is 738. The molecule has 6 heteroatoms. The third-order valence-corrected chi connectivity index (χ3v) is 3.91. The molecule has 0 aliphatic heterocycles. The van der Waals surface area contributed by atoms with E-state index in [4.69, 9.17) is 17.3 Å². The summed E-state index contributed by atoms with van der Waals surface area (Å²) >= 11 is 7.67. The van der Waals surface area contributed by atoms with Crippen molar-refractivity contribution < 1.29 is 0 Å². The van der Waals surface area contributed by atoms with Crippen molar-refractivity contribution in [3.63, 3.8) is 0 Å². The zero-order valence-corrected chi connectivity index (χ0v) is 11.1. The largest absolute Gasteiger partial charge is 0.382 e. The zero-order valence-electron chi connectivity index (χ0n) is 9.51. The quantitative estimate of drug-likeness (QED) is 0.741. The van der Waals surface area contributed by atoms with E-state index in [1.165, 1.54) is 11.5 Å². The van der Waals surface area contributed by atoms with Crippen LogP contribution in [0.3, 0.4) is 0 Å². The van der Waals surface area contributed by atoms with Gasteiger partial charge in [0.05, 0.1) is 9.90 Å². The molecule has 0 radical (unpaired) electrons. The number of benzene rings is 1. The van der Waals surface area contributed by atoms with Gasteiger partial charge in [-0.25, -0.2) is 4.37 Å². The molecule has 2 heterocycles. The van der Waals surface area contributed by atoms with Crippen LogP contribution < -0.4 is 5.73 Å². The molecule has 90 valence electrons. The molecule has 0 saturated heterocycles. The predicted octanol–water partition coefficient (Wildman–Crippen LogP) is 3.30. The SMILES string of the molecule is Cc1cnsc1-c1cc(Cl)c2nnc(N)cc2c1. The molecule has 0 atom stereocenters. The van der Waals surface area contributed by atoms with Crippen LogP contribution in [-0.2, 0) is 0 Å². The highest BCUT2D eigenvalue weighted by atomic mass is 35.5. The summed E-state index contributed by atoms with van der Waals surface area (Å²) in [4.78, 5) is 1.11. The van der Waals surface area contributed by atoms with Gasteiger partial charge >= 0.3 is 0 Å². The topological polar surface area (TPSA) is 64.7 Å². The second-order valence-electron chi connectivity index (χ2n) is 4.00. The molecule has 0 bridgehead atoms. The molecule has 2 N–H and O–H groups in total. The lowest BCUT2D eigenvalue weighted by atomic mass is 10.1. The van der Waals surface area contributed by atoms with Gasteiger partial charge in [0.1, 0.15) is 11.3 Å². The van der Waals surface area contributed by atoms with E-state index in [0.717, 1.165) is 21.4 Å². The summed E-state index contributed by atoms with van der Waals surface area (Å²) in [6.07, 6.45) is 1.84. The number of nitrogens with zero attached hydrogens (tertiary/aromatic N) is 3. The fraction of sp³-hybridized carbons (Fsp3) is 0.0833. The van der Waals surface area contributed by atoms with Crippen molar-refractivity contribution in [3.8, 4) is 10.4 Å². The molecule has 18 heavy (non-hydrogen) atoms. The van der Waals surface area contributed by atoms with Crippen LogP contribution in [0, 0.1) is 6.92 Å². The number of aromatic nitrogens is 3. The third-order valence-electron chi connectivity index (χ3n) is 2.67. The van der Waals surface area contributed by atoms with Gasteiger partial charge in [-0.05, 0) is 47.8 Å². The second kappa shape index (κ2) is 4.19. The summed E-state index contributed by atoms with van der Waals surface area (Å²) in [6.45, 7) is 2.02. The smallest absolute Gasteiger partial charge is 0.146 e. The monoisotopic (exact) mass is 276 g/mol. The van der Waals surface area contributed by atoms with Crippen molar-refractivity contribution in [2.75, 3.05) is 5.73 Å². The molecule has 3 rings (SSSR count). The number of fused-ring (bicyclic) bond motifs is 1. The molecule has 1 aromatic carbocycles. The van der Waals surface area contributed by atoms with Crippen molar-refractivity contribution in [1.82, 2.24) is 14.6 Å². The van der Waals surface area contributed by atoms with Gasteiger partial charge in [-0.3, -0.25) is 0 Å². The lowest BCUT2D eigenvalue weighted by Crippen LogP contribution is -1.93. The van der Waals surface area contributed by atoms with Crippen molar-refractivity contribution in [2.45, 2.75) is 6.92 Å². The molecule has 0 unspecified atom stereocenters. The number of aryl methyl sites for hydroxylation is 1. The Morgan fingerprint density at radius 1 is 1.22 bits per heavy atom. The third kappa shape index (κ3) is 1.81. The van der Waals surface area contributed by atoms with Gasteiger partial charge in [-0.1, -0.05) is 11.6 Å². The van der Waals surface area contributed by atoms with Crippen molar-refractivity contribution in [1.29, 1.82) is 0 Å². The van der Waals surface area contributed by atoms with Gasteiger partial charge in [0, 0.05) is 11.6 Å². The van der Waals surface area contributed by atoms with Crippen LogP contribution in [0.15, 0.2) is 24.4 Å². The van der Waals surface area contributed by atoms with Gasteiger partial charge in [0.25, 0.3) is 0 Å². The molecule has 0 spiro atoms. The molecule has 2 aromatic heterocycles. The van der Waals surface area contributed by atoms with E-state index in [9.17, 15) is 0 Å².